The van der Waals surface area contributed by atoms with E-state index >= 15 is 0 Å². The second-order valence-corrected chi connectivity index (χ2v) is 9.05. The number of piperidine rings is 1. The molecule has 0 aromatic carbocycles. The first-order valence-corrected chi connectivity index (χ1v) is 9.56. The average Bonchev–Trinajstić information content (AvgIpc) is 2.42. The van der Waals surface area contributed by atoms with E-state index in [-0.39, 0.29) is 5.41 Å². The van der Waals surface area contributed by atoms with Crippen LogP contribution in [-0.4, -0.2) is 45.4 Å². The average molecular weight is 320 g/mol. The molecule has 1 aliphatic rings. The molecule has 5 nitrogen and oxygen atoms in total. The number of hydrogen-bond donors (Lipinski definition) is 2. The van der Waals surface area contributed by atoms with Gasteiger partial charge in [-0.05, 0) is 43.2 Å². The summed E-state index contributed by atoms with van der Waals surface area (Å²) in [5.41, 5.74) is 0.109. The maximum Gasteiger partial charge on any atom is 0.279 e. The third-order valence-electron chi connectivity index (χ3n) is 4.55. The molecule has 126 valence electrons. The van der Waals surface area contributed by atoms with Crippen LogP contribution in [0.3, 0.4) is 0 Å². The number of nitrogens with zero attached hydrogens (tertiary/aromatic N) is 1. The van der Waals surface area contributed by atoms with E-state index in [2.05, 4.69) is 44.7 Å². The Hall–Kier alpha value is -0.170. The molecule has 2 atom stereocenters. The van der Waals surface area contributed by atoms with Gasteiger partial charge in [-0.2, -0.15) is 12.7 Å². The normalized spacial score (nSPS) is 23.2. The van der Waals surface area contributed by atoms with Gasteiger partial charge in [0, 0.05) is 19.6 Å². The third kappa shape index (κ3) is 6.22. The fraction of sp³-hybridized carbons (Fsp3) is 1.00. The Morgan fingerprint density at radius 1 is 1.33 bits per heavy atom. The summed E-state index contributed by atoms with van der Waals surface area (Å²) in [6.45, 7) is 14.2. The molecule has 0 radical (unpaired) electrons. The maximum atomic E-state index is 12.4. The van der Waals surface area contributed by atoms with Crippen LogP contribution in [0.25, 0.3) is 0 Å². The molecule has 1 rings (SSSR count). The summed E-state index contributed by atoms with van der Waals surface area (Å²) in [6.07, 6.45) is 2.06. The summed E-state index contributed by atoms with van der Waals surface area (Å²) in [5, 5.41) is 3.32. The standard InChI is InChI=1S/C15H33N3O2S/c1-6-16-11-14-8-7-9-18(12-14)21(19,20)17-10-13(2)15(3,4)5/h13-14,16-17H,6-12H2,1-5H3. The van der Waals surface area contributed by atoms with E-state index in [0.717, 1.165) is 25.9 Å². The highest BCUT2D eigenvalue weighted by molar-refractivity contribution is 7.87. The highest BCUT2D eigenvalue weighted by Crippen LogP contribution is 2.25. The van der Waals surface area contributed by atoms with Gasteiger partial charge in [0.1, 0.15) is 0 Å². The van der Waals surface area contributed by atoms with Gasteiger partial charge >= 0.3 is 0 Å². The topological polar surface area (TPSA) is 61.4 Å². The van der Waals surface area contributed by atoms with Crippen molar-refractivity contribution in [2.24, 2.45) is 17.3 Å². The van der Waals surface area contributed by atoms with E-state index in [1.54, 1.807) is 4.31 Å². The molecule has 0 spiro atoms. The molecule has 2 unspecified atom stereocenters. The van der Waals surface area contributed by atoms with Crippen LogP contribution in [0.15, 0.2) is 0 Å². The number of nitrogens with one attached hydrogen (secondary N) is 2. The molecule has 0 aromatic heterocycles. The van der Waals surface area contributed by atoms with E-state index in [1.165, 1.54) is 0 Å². The zero-order valence-electron chi connectivity index (χ0n) is 14.3. The van der Waals surface area contributed by atoms with Crippen LogP contribution >= 0.6 is 0 Å². The van der Waals surface area contributed by atoms with Crippen LogP contribution in [-0.2, 0) is 10.2 Å². The van der Waals surface area contributed by atoms with E-state index in [1.807, 2.05) is 0 Å². The minimum absolute atomic E-state index is 0.109. The lowest BCUT2D eigenvalue weighted by molar-refractivity contribution is 0.246. The molecule has 0 aliphatic carbocycles. The quantitative estimate of drug-likeness (QED) is 0.752. The van der Waals surface area contributed by atoms with Gasteiger partial charge in [-0.1, -0.05) is 34.6 Å². The van der Waals surface area contributed by atoms with Crippen molar-refractivity contribution in [1.29, 1.82) is 0 Å². The Balaban J connectivity index is 2.53. The molecular formula is C15H33N3O2S. The Labute approximate surface area is 131 Å². The maximum absolute atomic E-state index is 12.4. The van der Waals surface area contributed by atoms with Crippen molar-refractivity contribution in [3.63, 3.8) is 0 Å². The van der Waals surface area contributed by atoms with Gasteiger partial charge in [-0.25, -0.2) is 4.72 Å². The fourth-order valence-corrected chi connectivity index (χ4v) is 3.81. The highest BCUT2D eigenvalue weighted by Gasteiger charge is 2.29. The second-order valence-electron chi connectivity index (χ2n) is 7.29. The summed E-state index contributed by atoms with van der Waals surface area (Å²) in [5.74, 6) is 0.727. The van der Waals surface area contributed by atoms with Crippen molar-refractivity contribution in [3.8, 4) is 0 Å². The van der Waals surface area contributed by atoms with Crippen molar-refractivity contribution < 1.29 is 8.42 Å². The lowest BCUT2D eigenvalue weighted by atomic mass is 9.82. The van der Waals surface area contributed by atoms with Crippen molar-refractivity contribution >= 4 is 10.2 Å². The lowest BCUT2D eigenvalue weighted by Gasteiger charge is -2.33. The number of hydrogen-bond acceptors (Lipinski definition) is 3. The van der Waals surface area contributed by atoms with Crippen LogP contribution in [0, 0.1) is 17.3 Å². The van der Waals surface area contributed by atoms with E-state index in [0.29, 0.717) is 31.5 Å². The fourth-order valence-electron chi connectivity index (χ4n) is 2.39. The first-order valence-electron chi connectivity index (χ1n) is 8.12. The van der Waals surface area contributed by atoms with Crippen molar-refractivity contribution in [1.82, 2.24) is 14.3 Å². The largest absolute Gasteiger partial charge is 0.317 e. The Morgan fingerprint density at radius 3 is 2.57 bits per heavy atom. The van der Waals surface area contributed by atoms with Crippen LogP contribution in [0.5, 0.6) is 0 Å². The lowest BCUT2D eigenvalue weighted by Crippen LogP contribution is -2.49. The van der Waals surface area contributed by atoms with Crippen molar-refractivity contribution in [3.05, 3.63) is 0 Å². The Morgan fingerprint density at radius 2 is 2.00 bits per heavy atom. The minimum atomic E-state index is -3.34. The van der Waals surface area contributed by atoms with Crippen LogP contribution in [0.2, 0.25) is 0 Å². The summed E-state index contributed by atoms with van der Waals surface area (Å²) in [6, 6.07) is 0. The second kappa shape index (κ2) is 7.90. The SMILES string of the molecule is CCNCC1CCCN(S(=O)(=O)NCC(C)C(C)(C)C)C1. The van der Waals surface area contributed by atoms with Gasteiger partial charge in [-0.15, -0.1) is 0 Å². The molecular weight excluding hydrogens is 286 g/mol. The van der Waals surface area contributed by atoms with Gasteiger partial charge in [0.2, 0.25) is 0 Å². The molecule has 0 amide bonds. The Kier molecular flexibility index (Phi) is 7.10. The first-order chi connectivity index (χ1) is 9.66. The predicted molar refractivity (Wildman–Crippen MR) is 88.4 cm³/mol. The Bertz CT molecular complexity index is 404. The van der Waals surface area contributed by atoms with Gasteiger partial charge in [0.15, 0.2) is 0 Å². The molecule has 2 N–H and O–H groups in total. The minimum Gasteiger partial charge on any atom is -0.317 e. The van der Waals surface area contributed by atoms with Crippen molar-refractivity contribution in [2.75, 3.05) is 32.7 Å². The highest BCUT2D eigenvalue weighted by atomic mass is 32.2. The summed E-state index contributed by atoms with van der Waals surface area (Å²) in [7, 11) is -3.34. The smallest absolute Gasteiger partial charge is 0.279 e. The number of rotatable bonds is 7. The van der Waals surface area contributed by atoms with Crippen LogP contribution < -0.4 is 10.0 Å². The van der Waals surface area contributed by atoms with E-state index in [9.17, 15) is 8.42 Å². The van der Waals surface area contributed by atoms with Gasteiger partial charge in [0.05, 0.1) is 0 Å². The molecule has 6 heteroatoms. The summed E-state index contributed by atoms with van der Waals surface area (Å²) in [4.78, 5) is 0. The predicted octanol–water partition coefficient (Wildman–Crippen LogP) is 1.82. The molecule has 0 saturated carbocycles. The van der Waals surface area contributed by atoms with E-state index in [4.69, 9.17) is 0 Å². The zero-order valence-corrected chi connectivity index (χ0v) is 15.1. The summed E-state index contributed by atoms with van der Waals surface area (Å²) >= 11 is 0. The van der Waals surface area contributed by atoms with Crippen LogP contribution in [0.1, 0.15) is 47.5 Å². The van der Waals surface area contributed by atoms with E-state index < -0.39 is 10.2 Å². The molecule has 1 aliphatic heterocycles. The van der Waals surface area contributed by atoms with Gasteiger partial charge in [-0.3, -0.25) is 0 Å². The van der Waals surface area contributed by atoms with Crippen molar-refractivity contribution in [2.45, 2.75) is 47.5 Å². The summed E-state index contributed by atoms with van der Waals surface area (Å²) < 4.78 is 29.3. The first kappa shape index (κ1) is 18.9. The monoisotopic (exact) mass is 319 g/mol. The molecule has 21 heavy (non-hydrogen) atoms. The zero-order chi connectivity index (χ0) is 16.1. The molecule has 0 bridgehead atoms. The van der Waals surface area contributed by atoms with Crippen LogP contribution in [0.4, 0.5) is 0 Å². The molecule has 1 fully saturated rings. The van der Waals surface area contributed by atoms with Gasteiger partial charge in [0.25, 0.3) is 10.2 Å². The molecule has 1 heterocycles. The van der Waals surface area contributed by atoms with Gasteiger partial charge < -0.3 is 5.32 Å². The molecule has 0 aromatic rings. The third-order valence-corrected chi connectivity index (χ3v) is 6.10. The molecule has 1 saturated heterocycles.